The lowest BCUT2D eigenvalue weighted by Crippen LogP contribution is -2.41. The lowest BCUT2D eigenvalue weighted by atomic mass is 9.90. The summed E-state index contributed by atoms with van der Waals surface area (Å²) in [4.78, 5) is 16.9. The number of amides is 1. The second kappa shape index (κ2) is 7.71. The van der Waals surface area contributed by atoms with Gasteiger partial charge in [0, 0.05) is 30.3 Å². The third-order valence-corrected chi connectivity index (χ3v) is 4.60. The molecule has 29 heavy (non-hydrogen) atoms. The number of rotatable bonds is 4. The minimum absolute atomic E-state index is 0.0289. The van der Waals surface area contributed by atoms with Gasteiger partial charge in [0.25, 0.3) is 0 Å². The Morgan fingerprint density at radius 2 is 1.93 bits per heavy atom. The average molecular weight is 424 g/mol. The molecule has 8 heteroatoms. The number of alkyl halides is 3. The second-order valence-corrected chi connectivity index (χ2v) is 8.37. The minimum Gasteiger partial charge on any atom is -0.351 e. The number of imidazole rings is 1. The quantitative estimate of drug-likeness (QED) is 0.607. The molecule has 2 heterocycles. The number of carbonyl (C=O) groups excluding carboxylic acids is 1. The molecule has 1 amide bonds. The maximum atomic E-state index is 13.3. The predicted octanol–water partition coefficient (Wildman–Crippen LogP) is 5.44. The van der Waals surface area contributed by atoms with E-state index in [-0.39, 0.29) is 12.3 Å². The van der Waals surface area contributed by atoms with E-state index in [1.807, 2.05) is 20.8 Å². The lowest BCUT2D eigenvalue weighted by Gasteiger charge is -2.24. The average Bonchev–Trinajstić information content (AvgIpc) is 3.00. The van der Waals surface area contributed by atoms with Crippen LogP contribution < -0.4 is 5.32 Å². The summed E-state index contributed by atoms with van der Waals surface area (Å²) in [6, 6.07) is 8.43. The highest BCUT2D eigenvalue weighted by atomic mass is 35.5. The molecule has 0 aliphatic carbocycles. The Kier molecular flexibility index (Phi) is 5.63. The molecule has 0 saturated heterocycles. The van der Waals surface area contributed by atoms with E-state index in [0.29, 0.717) is 21.9 Å². The third-order valence-electron chi connectivity index (χ3n) is 4.38. The van der Waals surface area contributed by atoms with Crippen molar-refractivity contribution in [2.24, 2.45) is 0 Å². The molecule has 0 saturated carbocycles. The smallest absolute Gasteiger partial charge is 0.351 e. The van der Waals surface area contributed by atoms with Crippen molar-refractivity contribution in [3.8, 4) is 0 Å². The number of hydrogen-bond acceptors (Lipinski definition) is 2. The van der Waals surface area contributed by atoms with Crippen molar-refractivity contribution < 1.29 is 18.0 Å². The fourth-order valence-electron chi connectivity index (χ4n) is 3.21. The highest BCUT2D eigenvalue weighted by Gasteiger charge is 2.32. The molecule has 1 atom stereocenters. The zero-order valence-corrected chi connectivity index (χ0v) is 17.0. The highest BCUT2D eigenvalue weighted by molar-refractivity contribution is 6.30. The van der Waals surface area contributed by atoms with Crippen molar-refractivity contribution in [1.29, 1.82) is 0 Å². The molecule has 4 nitrogen and oxygen atoms in total. The third kappa shape index (κ3) is 5.09. The SMILES string of the molecule is CC(C)(C)NC(=O)CC(c1cccc(C(F)(F)F)c1)c1cnc2ccc(Cl)cn12. The van der Waals surface area contributed by atoms with Gasteiger partial charge in [-0.25, -0.2) is 4.98 Å². The number of halogens is 4. The largest absolute Gasteiger partial charge is 0.416 e. The van der Waals surface area contributed by atoms with Crippen molar-refractivity contribution >= 4 is 23.2 Å². The maximum Gasteiger partial charge on any atom is 0.416 e. The molecule has 0 aliphatic heterocycles. The minimum atomic E-state index is -4.48. The first-order valence-corrected chi connectivity index (χ1v) is 9.42. The van der Waals surface area contributed by atoms with Gasteiger partial charge in [-0.1, -0.05) is 29.8 Å². The molecule has 0 aliphatic rings. The van der Waals surface area contributed by atoms with Crippen molar-refractivity contribution in [3.63, 3.8) is 0 Å². The second-order valence-electron chi connectivity index (χ2n) is 7.94. The molecule has 1 N–H and O–H groups in total. The standard InChI is InChI=1S/C21H21ClF3N3O/c1-20(2,3)27-19(29)10-16(13-5-4-6-14(9-13)21(23,24)25)17-11-26-18-8-7-15(22)12-28(17)18/h4-9,11-12,16H,10H2,1-3H3,(H,27,29). The van der Waals surface area contributed by atoms with Gasteiger partial charge >= 0.3 is 6.18 Å². The van der Waals surface area contributed by atoms with E-state index in [1.54, 1.807) is 35.0 Å². The van der Waals surface area contributed by atoms with Crippen LogP contribution >= 0.6 is 11.6 Å². The fourth-order valence-corrected chi connectivity index (χ4v) is 3.37. The summed E-state index contributed by atoms with van der Waals surface area (Å²) in [5.74, 6) is -0.898. The van der Waals surface area contributed by atoms with Gasteiger partial charge in [0.05, 0.1) is 16.3 Å². The van der Waals surface area contributed by atoms with Crippen LogP contribution in [0, 0.1) is 0 Å². The summed E-state index contributed by atoms with van der Waals surface area (Å²) in [5.41, 5.74) is 0.343. The van der Waals surface area contributed by atoms with E-state index in [4.69, 9.17) is 11.6 Å². The van der Waals surface area contributed by atoms with Gasteiger partial charge in [-0.3, -0.25) is 4.79 Å². The molecule has 1 unspecified atom stereocenters. The summed E-state index contributed by atoms with van der Waals surface area (Å²) in [6.07, 6.45) is -1.29. The molecule has 0 spiro atoms. The van der Waals surface area contributed by atoms with Gasteiger partial charge in [-0.05, 0) is 44.5 Å². The molecule has 154 valence electrons. The Morgan fingerprint density at radius 1 is 1.21 bits per heavy atom. The van der Waals surface area contributed by atoms with Crippen molar-refractivity contribution in [2.75, 3.05) is 0 Å². The first-order valence-electron chi connectivity index (χ1n) is 9.05. The Balaban J connectivity index is 2.09. The zero-order chi connectivity index (χ0) is 21.4. The number of hydrogen-bond donors (Lipinski definition) is 1. The normalized spacial score (nSPS) is 13.5. The zero-order valence-electron chi connectivity index (χ0n) is 16.2. The molecular weight excluding hydrogens is 403 g/mol. The molecule has 1 aromatic carbocycles. The van der Waals surface area contributed by atoms with Crippen molar-refractivity contribution in [3.05, 3.63) is 70.6 Å². The first kappa shape index (κ1) is 21.2. The summed E-state index contributed by atoms with van der Waals surface area (Å²) >= 11 is 6.10. The summed E-state index contributed by atoms with van der Waals surface area (Å²) in [6.45, 7) is 5.54. The van der Waals surface area contributed by atoms with Crippen LogP contribution in [-0.2, 0) is 11.0 Å². The van der Waals surface area contributed by atoms with E-state index in [9.17, 15) is 18.0 Å². The number of carbonyl (C=O) groups is 1. The number of nitrogens with one attached hydrogen (secondary N) is 1. The fraction of sp³-hybridized carbons (Fsp3) is 0.333. The van der Waals surface area contributed by atoms with E-state index >= 15 is 0 Å². The predicted molar refractivity (Wildman–Crippen MR) is 106 cm³/mol. The maximum absolute atomic E-state index is 13.3. The molecule has 0 bridgehead atoms. The number of nitrogens with zero attached hydrogens (tertiary/aromatic N) is 2. The van der Waals surface area contributed by atoms with E-state index < -0.39 is 23.2 Å². The van der Waals surface area contributed by atoms with Gasteiger partial charge in [-0.15, -0.1) is 0 Å². The van der Waals surface area contributed by atoms with Gasteiger partial charge in [0.2, 0.25) is 5.91 Å². The molecule has 2 aromatic heterocycles. The lowest BCUT2D eigenvalue weighted by molar-refractivity contribution is -0.137. The molecule has 3 aromatic rings. The summed E-state index contributed by atoms with van der Waals surface area (Å²) in [7, 11) is 0. The Labute approximate surface area is 171 Å². The van der Waals surface area contributed by atoms with Crippen LogP contribution in [0.1, 0.15) is 49.9 Å². The Bertz CT molecular complexity index is 1040. The molecule has 3 rings (SSSR count). The van der Waals surface area contributed by atoms with Gasteiger partial charge in [0.1, 0.15) is 5.65 Å². The van der Waals surface area contributed by atoms with Crippen LogP contribution in [0.5, 0.6) is 0 Å². The van der Waals surface area contributed by atoms with Crippen molar-refractivity contribution in [2.45, 2.75) is 44.8 Å². The topological polar surface area (TPSA) is 46.4 Å². The first-order chi connectivity index (χ1) is 13.4. The molecule has 0 fully saturated rings. The van der Waals surface area contributed by atoms with E-state index in [1.165, 1.54) is 6.07 Å². The Morgan fingerprint density at radius 3 is 2.59 bits per heavy atom. The van der Waals surface area contributed by atoms with Crippen LogP contribution in [0.3, 0.4) is 0 Å². The van der Waals surface area contributed by atoms with Crippen LogP contribution in [0.15, 0.2) is 48.8 Å². The van der Waals surface area contributed by atoms with E-state index in [2.05, 4.69) is 10.3 Å². The number of fused-ring (bicyclic) bond motifs is 1. The van der Waals surface area contributed by atoms with Crippen LogP contribution in [-0.4, -0.2) is 20.8 Å². The summed E-state index contributed by atoms with van der Waals surface area (Å²) in [5, 5.41) is 3.33. The summed E-state index contributed by atoms with van der Waals surface area (Å²) < 4.78 is 41.5. The van der Waals surface area contributed by atoms with Gasteiger partial charge in [0.15, 0.2) is 0 Å². The van der Waals surface area contributed by atoms with Crippen LogP contribution in [0.2, 0.25) is 5.02 Å². The van der Waals surface area contributed by atoms with E-state index in [0.717, 1.165) is 12.1 Å². The highest BCUT2D eigenvalue weighted by Crippen LogP contribution is 2.35. The number of aromatic nitrogens is 2. The monoisotopic (exact) mass is 423 g/mol. The van der Waals surface area contributed by atoms with Gasteiger partial charge in [-0.2, -0.15) is 13.2 Å². The number of benzene rings is 1. The Hall–Kier alpha value is -2.54. The molecule has 0 radical (unpaired) electrons. The van der Waals surface area contributed by atoms with Crippen molar-refractivity contribution in [1.82, 2.24) is 14.7 Å². The number of pyridine rings is 1. The van der Waals surface area contributed by atoms with Gasteiger partial charge < -0.3 is 9.72 Å². The molecular formula is C21H21ClF3N3O. The van der Waals surface area contributed by atoms with Crippen LogP contribution in [0.4, 0.5) is 13.2 Å². The van der Waals surface area contributed by atoms with Crippen LogP contribution in [0.25, 0.3) is 5.65 Å².